The second-order valence-corrected chi connectivity index (χ2v) is 5.78. The van der Waals surface area contributed by atoms with Gasteiger partial charge in [0.25, 0.3) is 5.91 Å². The van der Waals surface area contributed by atoms with Gasteiger partial charge in [-0.3, -0.25) is 9.59 Å². The Balaban J connectivity index is 2.54. The highest BCUT2D eigenvalue weighted by atomic mass is 16.5. The molecule has 0 bridgehead atoms. The number of aliphatic hydroxyl groups is 1. The topological polar surface area (TPSA) is 85.3 Å². The Morgan fingerprint density at radius 3 is 2.54 bits per heavy atom. The maximum atomic E-state index is 12.5. The number of amides is 1. The molecule has 1 atom stereocenters. The van der Waals surface area contributed by atoms with E-state index < -0.39 is 17.7 Å². The van der Waals surface area contributed by atoms with Crippen molar-refractivity contribution in [3.63, 3.8) is 0 Å². The Bertz CT molecular complexity index is 712. The van der Waals surface area contributed by atoms with Crippen LogP contribution in [0.2, 0.25) is 0 Å². The van der Waals surface area contributed by atoms with Crippen LogP contribution in [0, 0.1) is 0 Å². The Hall–Kier alpha value is -2.54. The van der Waals surface area contributed by atoms with Crippen LogP contribution >= 0.6 is 0 Å². The maximum Gasteiger partial charge on any atom is 0.290 e. The number of methoxy groups -OCH3 is 2. The highest BCUT2D eigenvalue weighted by Gasteiger charge is 2.42. The van der Waals surface area contributed by atoms with Gasteiger partial charge < -0.3 is 24.2 Å². The summed E-state index contributed by atoms with van der Waals surface area (Å²) in [5.74, 6) is -0.264. The van der Waals surface area contributed by atoms with Crippen LogP contribution in [-0.4, -0.2) is 55.7 Å². The molecule has 1 N–H and O–H groups in total. The quantitative estimate of drug-likeness (QED) is 0.725. The fourth-order valence-corrected chi connectivity index (χ4v) is 3.03. The van der Waals surface area contributed by atoms with Crippen molar-refractivity contribution in [3.8, 4) is 11.5 Å². The summed E-state index contributed by atoms with van der Waals surface area (Å²) in [7, 11) is 3.07. The number of Topliss-reactive ketones (excluding diaryl/α,β-unsaturated/α-hetero) is 1. The zero-order valence-electron chi connectivity index (χ0n) is 15.6. The number of carbonyl (C=O) groups excluding carboxylic acids is 2. The third kappa shape index (κ3) is 3.67. The van der Waals surface area contributed by atoms with Crippen LogP contribution in [0.5, 0.6) is 11.5 Å². The first-order chi connectivity index (χ1) is 12.5. The van der Waals surface area contributed by atoms with Gasteiger partial charge in [0.2, 0.25) is 0 Å². The van der Waals surface area contributed by atoms with Crippen molar-refractivity contribution >= 4 is 11.7 Å². The van der Waals surface area contributed by atoms with Crippen molar-refractivity contribution in [2.24, 2.45) is 0 Å². The summed E-state index contributed by atoms with van der Waals surface area (Å²) >= 11 is 0. The van der Waals surface area contributed by atoms with Gasteiger partial charge in [0.15, 0.2) is 23.0 Å². The zero-order chi connectivity index (χ0) is 19.3. The molecule has 0 spiro atoms. The highest BCUT2D eigenvalue weighted by molar-refractivity contribution is 6.08. The summed E-state index contributed by atoms with van der Waals surface area (Å²) in [5, 5.41) is 10.3. The number of rotatable bonds is 9. The Morgan fingerprint density at radius 2 is 1.96 bits per heavy atom. The summed E-state index contributed by atoms with van der Waals surface area (Å²) in [6.45, 7) is 4.53. The molecule has 1 aromatic rings. The summed E-state index contributed by atoms with van der Waals surface area (Å²) < 4.78 is 16.0. The summed E-state index contributed by atoms with van der Waals surface area (Å²) in [4.78, 5) is 26.4. The highest BCUT2D eigenvalue weighted by Crippen LogP contribution is 2.40. The maximum absolute atomic E-state index is 12.5. The Labute approximate surface area is 153 Å². The predicted octanol–water partition coefficient (Wildman–Crippen LogP) is 2.41. The lowest BCUT2D eigenvalue weighted by Gasteiger charge is -2.27. The van der Waals surface area contributed by atoms with Crippen molar-refractivity contribution in [3.05, 3.63) is 35.1 Å². The van der Waals surface area contributed by atoms with Crippen molar-refractivity contribution in [2.45, 2.75) is 26.3 Å². The number of ether oxygens (including phenoxy) is 3. The smallest absolute Gasteiger partial charge is 0.290 e. The van der Waals surface area contributed by atoms with E-state index >= 15 is 0 Å². The number of hydrogen-bond donors (Lipinski definition) is 1. The molecule has 1 aliphatic rings. The van der Waals surface area contributed by atoms with Crippen LogP contribution < -0.4 is 9.47 Å². The first-order valence-corrected chi connectivity index (χ1v) is 8.57. The second-order valence-electron chi connectivity index (χ2n) is 5.78. The van der Waals surface area contributed by atoms with Gasteiger partial charge in [-0.1, -0.05) is 13.0 Å². The third-order valence-corrected chi connectivity index (χ3v) is 4.26. The molecule has 0 aliphatic carbocycles. The number of hydrogen-bond acceptors (Lipinski definition) is 6. The van der Waals surface area contributed by atoms with Crippen molar-refractivity contribution in [1.29, 1.82) is 0 Å². The van der Waals surface area contributed by atoms with E-state index in [2.05, 4.69) is 0 Å². The molecule has 0 saturated heterocycles. The Morgan fingerprint density at radius 1 is 1.23 bits per heavy atom. The average Bonchev–Trinajstić information content (AvgIpc) is 2.90. The van der Waals surface area contributed by atoms with Crippen LogP contribution in [0.15, 0.2) is 29.5 Å². The fraction of sp³-hybridized carbons (Fsp3) is 0.474. The minimum absolute atomic E-state index is 0.112. The molecule has 142 valence electrons. The van der Waals surface area contributed by atoms with E-state index in [0.29, 0.717) is 23.7 Å². The normalized spacial score (nSPS) is 17.0. The number of ketones is 1. The molecule has 1 amide bonds. The van der Waals surface area contributed by atoms with Gasteiger partial charge in [0.1, 0.15) is 0 Å². The van der Waals surface area contributed by atoms with Crippen LogP contribution in [0.3, 0.4) is 0 Å². The van der Waals surface area contributed by atoms with Gasteiger partial charge in [0.05, 0.1) is 31.9 Å². The van der Waals surface area contributed by atoms with Crippen molar-refractivity contribution in [1.82, 2.24) is 4.90 Å². The van der Waals surface area contributed by atoms with Crippen LogP contribution in [0.4, 0.5) is 0 Å². The lowest BCUT2D eigenvalue weighted by atomic mass is 9.95. The van der Waals surface area contributed by atoms with E-state index in [9.17, 15) is 14.7 Å². The first-order valence-electron chi connectivity index (χ1n) is 8.57. The van der Waals surface area contributed by atoms with Crippen molar-refractivity contribution < 1.29 is 28.9 Å². The standard InChI is InChI=1S/C19H25NO6/c1-5-13(21)16-17(20(9-10-24-3)19(23)18(16)22)12-7-8-14(25-4)15(11-12)26-6-2/h7-8,11,17,22H,5-6,9-10H2,1-4H3. The molecule has 1 aromatic carbocycles. The minimum atomic E-state index is -0.685. The molecule has 0 fully saturated rings. The molecule has 26 heavy (non-hydrogen) atoms. The number of carbonyl (C=O) groups is 2. The van der Waals surface area contributed by atoms with Crippen molar-refractivity contribution in [2.75, 3.05) is 34.0 Å². The van der Waals surface area contributed by atoms with Gasteiger partial charge >= 0.3 is 0 Å². The molecule has 2 rings (SSSR count). The lowest BCUT2D eigenvalue weighted by Crippen LogP contribution is -2.34. The van der Waals surface area contributed by atoms with Gasteiger partial charge in [-0.05, 0) is 24.6 Å². The molecule has 1 aliphatic heterocycles. The van der Waals surface area contributed by atoms with E-state index in [0.717, 1.165) is 0 Å². The van der Waals surface area contributed by atoms with E-state index in [-0.39, 0.29) is 30.9 Å². The molecule has 0 aromatic heterocycles. The van der Waals surface area contributed by atoms with E-state index in [1.54, 1.807) is 32.2 Å². The van der Waals surface area contributed by atoms with Crippen LogP contribution in [-0.2, 0) is 14.3 Å². The molecule has 7 heteroatoms. The van der Waals surface area contributed by atoms with E-state index in [1.165, 1.54) is 12.0 Å². The number of nitrogens with zero attached hydrogens (tertiary/aromatic N) is 1. The summed E-state index contributed by atoms with van der Waals surface area (Å²) in [6.07, 6.45) is 0.190. The monoisotopic (exact) mass is 363 g/mol. The first kappa shape index (κ1) is 19.8. The molecular formula is C19H25NO6. The van der Waals surface area contributed by atoms with Gasteiger partial charge in [-0.2, -0.15) is 0 Å². The molecular weight excluding hydrogens is 338 g/mol. The summed E-state index contributed by atoms with van der Waals surface area (Å²) in [6, 6.07) is 4.54. The zero-order valence-corrected chi connectivity index (χ0v) is 15.6. The number of aliphatic hydroxyl groups excluding tert-OH is 1. The predicted molar refractivity (Wildman–Crippen MR) is 95.4 cm³/mol. The molecule has 0 saturated carbocycles. The molecule has 0 radical (unpaired) electrons. The van der Waals surface area contributed by atoms with Gasteiger partial charge in [-0.25, -0.2) is 0 Å². The fourth-order valence-electron chi connectivity index (χ4n) is 3.03. The Kier molecular flexibility index (Phi) is 6.63. The molecule has 1 unspecified atom stereocenters. The molecule has 1 heterocycles. The number of benzene rings is 1. The van der Waals surface area contributed by atoms with Gasteiger partial charge in [0, 0.05) is 20.1 Å². The third-order valence-electron chi connectivity index (χ3n) is 4.26. The SMILES string of the molecule is CCOc1cc(C2C(C(=O)CC)=C(O)C(=O)N2CCOC)ccc1OC. The van der Waals surface area contributed by atoms with Crippen LogP contribution in [0.1, 0.15) is 31.9 Å². The van der Waals surface area contributed by atoms with Gasteiger partial charge in [-0.15, -0.1) is 0 Å². The van der Waals surface area contributed by atoms with E-state index in [4.69, 9.17) is 14.2 Å². The summed E-state index contributed by atoms with van der Waals surface area (Å²) in [5.41, 5.74) is 0.778. The van der Waals surface area contributed by atoms with E-state index in [1.807, 2.05) is 6.92 Å². The average molecular weight is 363 g/mol. The lowest BCUT2D eigenvalue weighted by molar-refractivity contribution is -0.130. The minimum Gasteiger partial charge on any atom is -0.503 e. The molecule has 7 nitrogen and oxygen atoms in total. The largest absolute Gasteiger partial charge is 0.503 e. The second kappa shape index (κ2) is 8.71. The van der Waals surface area contributed by atoms with Crippen LogP contribution in [0.25, 0.3) is 0 Å².